The number of carbonyl (C=O) groups excluding carboxylic acids is 2. The number of hydrogen-bond donors (Lipinski definition) is 1. The Morgan fingerprint density at radius 3 is 2.36 bits per heavy atom. The maximum Gasteiger partial charge on any atom is 0.321 e. The molecule has 0 aromatic heterocycles. The first-order chi connectivity index (χ1) is 15.8. The number of aliphatic hydroxyl groups excluding tert-OH is 1. The Kier molecular flexibility index (Phi) is 7.15. The van der Waals surface area contributed by atoms with Crippen molar-refractivity contribution in [3.8, 4) is 0 Å². The Morgan fingerprint density at radius 1 is 1.15 bits per heavy atom. The highest BCUT2D eigenvalue weighted by atomic mass is 16.3. The Labute approximate surface area is 198 Å². The molecule has 1 N–H and O–H groups in total. The first-order valence-corrected chi connectivity index (χ1v) is 12.7. The number of amides is 2. The van der Waals surface area contributed by atoms with E-state index in [4.69, 9.17) is 0 Å². The largest absolute Gasteiger partial charge is 0.396 e. The van der Waals surface area contributed by atoms with Gasteiger partial charge in [0.2, 0.25) is 0 Å². The molecule has 3 fully saturated rings. The summed E-state index contributed by atoms with van der Waals surface area (Å²) in [6, 6.07) is 10.8. The average Bonchev–Trinajstić information content (AvgIpc) is 3.02. The van der Waals surface area contributed by atoms with E-state index in [-0.39, 0.29) is 42.0 Å². The van der Waals surface area contributed by atoms with Crippen LogP contribution in [0.4, 0.5) is 4.79 Å². The highest BCUT2D eigenvalue weighted by Crippen LogP contribution is 2.49. The van der Waals surface area contributed by atoms with Crippen LogP contribution < -0.4 is 0 Å². The van der Waals surface area contributed by atoms with Crippen LogP contribution in [0.2, 0.25) is 0 Å². The molecular weight excluding hydrogens is 414 g/mol. The molecule has 3 aliphatic rings. The van der Waals surface area contributed by atoms with Crippen molar-refractivity contribution in [2.24, 2.45) is 11.8 Å². The molecule has 1 saturated heterocycles. The SMILES string of the molecule is C[C@H](CO)CC(=O)CN1CC2(CCC(c3ccccc3)(N(C)C)CC2)N(CC2CCC2)C1=O. The first-order valence-electron chi connectivity index (χ1n) is 12.7. The summed E-state index contributed by atoms with van der Waals surface area (Å²) in [6.45, 7) is 3.53. The number of benzene rings is 1. The lowest BCUT2D eigenvalue weighted by molar-refractivity contribution is -0.120. The van der Waals surface area contributed by atoms with E-state index < -0.39 is 0 Å². The van der Waals surface area contributed by atoms with E-state index in [1.54, 1.807) is 4.90 Å². The molecule has 1 spiro atoms. The van der Waals surface area contributed by atoms with Crippen molar-refractivity contribution in [2.45, 2.75) is 69.4 Å². The minimum absolute atomic E-state index is 0.00351. The second kappa shape index (κ2) is 9.75. The second-order valence-corrected chi connectivity index (χ2v) is 11.1. The van der Waals surface area contributed by atoms with Crippen molar-refractivity contribution in [3.05, 3.63) is 35.9 Å². The molecule has 6 heteroatoms. The van der Waals surface area contributed by atoms with Crippen molar-refractivity contribution >= 4 is 11.8 Å². The summed E-state index contributed by atoms with van der Waals surface area (Å²) in [5.41, 5.74) is 1.16. The van der Waals surface area contributed by atoms with Gasteiger partial charge in [0.15, 0.2) is 5.78 Å². The van der Waals surface area contributed by atoms with Crippen LogP contribution in [0, 0.1) is 11.8 Å². The smallest absolute Gasteiger partial charge is 0.321 e. The Hall–Kier alpha value is -1.92. The lowest BCUT2D eigenvalue weighted by Crippen LogP contribution is -2.56. The van der Waals surface area contributed by atoms with Crippen LogP contribution in [0.1, 0.15) is 63.9 Å². The minimum atomic E-state index is -0.177. The molecule has 1 aliphatic heterocycles. The fourth-order valence-corrected chi connectivity index (χ4v) is 6.24. The van der Waals surface area contributed by atoms with E-state index in [2.05, 4.69) is 54.2 Å². The van der Waals surface area contributed by atoms with Crippen LogP contribution in [0.5, 0.6) is 0 Å². The maximum absolute atomic E-state index is 13.6. The molecular formula is C27H41N3O3. The molecule has 1 aromatic rings. The van der Waals surface area contributed by atoms with Gasteiger partial charge in [0.1, 0.15) is 0 Å². The zero-order valence-corrected chi connectivity index (χ0v) is 20.6. The molecule has 2 aliphatic carbocycles. The van der Waals surface area contributed by atoms with Crippen LogP contribution in [0.15, 0.2) is 30.3 Å². The van der Waals surface area contributed by atoms with E-state index in [0.717, 1.165) is 32.2 Å². The van der Waals surface area contributed by atoms with E-state index in [0.29, 0.717) is 18.9 Å². The monoisotopic (exact) mass is 455 g/mol. The Morgan fingerprint density at radius 2 is 1.82 bits per heavy atom. The predicted molar refractivity (Wildman–Crippen MR) is 130 cm³/mol. The van der Waals surface area contributed by atoms with E-state index in [9.17, 15) is 14.7 Å². The zero-order chi connectivity index (χ0) is 23.6. The molecule has 182 valence electrons. The molecule has 2 amide bonds. The zero-order valence-electron chi connectivity index (χ0n) is 20.6. The van der Waals surface area contributed by atoms with Gasteiger partial charge in [-0.3, -0.25) is 9.69 Å². The van der Waals surface area contributed by atoms with Crippen LogP contribution in [0.25, 0.3) is 0 Å². The number of rotatable bonds is 9. The van der Waals surface area contributed by atoms with Crippen molar-refractivity contribution in [1.29, 1.82) is 0 Å². The number of hydrogen-bond acceptors (Lipinski definition) is 4. The summed E-state index contributed by atoms with van der Waals surface area (Å²) in [6.07, 6.45) is 7.92. The summed E-state index contributed by atoms with van der Waals surface area (Å²) < 4.78 is 0. The van der Waals surface area contributed by atoms with Gasteiger partial charge in [-0.1, -0.05) is 43.7 Å². The van der Waals surface area contributed by atoms with Gasteiger partial charge in [-0.05, 0) is 70.0 Å². The molecule has 0 unspecified atom stereocenters. The van der Waals surface area contributed by atoms with Crippen LogP contribution in [-0.2, 0) is 10.3 Å². The van der Waals surface area contributed by atoms with Gasteiger partial charge < -0.3 is 14.9 Å². The molecule has 2 saturated carbocycles. The van der Waals surface area contributed by atoms with Crippen molar-refractivity contribution in [1.82, 2.24) is 14.7 Å². The standard InChI is InChI=1S/C27H41N3O3/c1-21(19-31)16-24(32)18-29-20-26(30(25(29)33)17-22-8-7-9-22)12-14-27(15-13-26,28(2)3)23-10-5-4-6-11-23/h4-6,10-11,21-22,31H,7-9,12-20H2,1-3H3/t21-,26?,27?/m0/s1. The minimum Gasteiger partial charge on any atom is -0.396 e. The maximum atomic E-state index is 13.6. The summed E-state index contributed by atoms with van der Waals surface area (Å²) in [5.74, 6) is 0.593. The highest BCUT2D eigenvalue weighted by molar-refractivity contribution is 5.87. The highest BCUT2D eigenvalue weighted by Gasteiger charge is 2.55. The number of urea groups is 1. The molecule has 6 nitrogen and oxygen atoms in total. The predicted octanol–water partition coefficient (Wildman–Crippen LogP) is 3.88. The molecule has 4 rings (SSSR count). The lowest BCUT2D eigenvalue weighted by atomic mass is 9.68. The van der Waals surface area contributed by atoms with Gasteiger partial charge in [-0.2, -0.15) is 0 Å². The van der Waals surface area contributed by atoms with Gasteiger partial charge in [-0.15, -0.1) is 0 Å². The fourth-order valence-electron chi connectivity index (χ4n) is 6.24. The number of aliphatic hydroxyl groups is 1. The van der Waals surface area contributed by atoms with Crippen molar-refractivity contribution in [3.63, 3.8) is 0 Å². The van der Waals surface area contributed by atoms with Gasteiger partial charge in [-0.25, -0.2) is 4.79 Å². The second-order valence-electron chi connectivity index (χ2n) is 11.1. The summed E-state index contributed by atoms with van der Waals surface area (Å²) in [4.78, 5) is 32.5. The summed E-state index contributed by atoms with van der Waals surface area (Å²) in [5, 5.41) is 9.31. The third kappa shape index (κ3) is 4.69. The number of carbonyl (C=O) groups is 2. The molecule has 1 aromatic carbocycles. The van der Waals surface area contributed by atoms with E-state index in [1.807, 2.05) is 6.92 Å². The molecule has 1 atom stereocenters. The van der Waals surface area contributed by atoms with Crippen molar-refractivity contribution < 1.29 is 14.7 Å². The normalized spacial score (nSPS) is 29.1. The fraction of sp³-hybridized carbons (Fsp3) is 0.704. The third-order valence-electron chi connectivity index (χ3n) is 8.65. The summed E-state index contributed by atoms with van der Waals surface area (Å²) >= 11 is 0. The van der Waals surface area contributed by atoms with E-state index in [1.165, 1.54) is 24.8 Å². The third-order valence-corrected chi connectivity index (χ3v) is 8.65. The first kappa shape index (κ1) is 24.2. The molecule has 33 heavy (non-hydrogen) atoms. The van der Waals surface area contributed by atoms with Crippen LogP contribution >= 0.6 is 0 Å². The number of ketones is 1. The average molecular weight is 456 g/mol. The Balaban J connectivity index is 1.54. The lowest BCUT2D eigenvalue weighted by Gasteiger charge is -2.51. The van der Waals surface area contributed by atoms with Crippen molar-refractivity contribution in [2.75, 3.05) is 40.3 Å². The Bertz CT molecular complexity index is 828. The molecule has 1 heterocycles. The van der Waals surface area contributed by atoms with Gasteiger partial charge in [0, 0.05) is 31.7 Å². The molecule has 0 bridgehead atoms. The summed E-state index contributed by atoms with van der Waals surface area (Å²) in [7, 11) is 4.34. The number of nitrogens with zero attached hydrogens (tertiary/aromatic N) is 3. The van der Waals surface area contributed by atoms with E-state index >= 15 is 0 Å². The molecule has 0 radical (unpaired) electrons. The number of Topliss-reactive ketones (excluding diaryl/α,β-unsaturated/α-hetero) is 1. The van der Waals surface area contributed by atoms with Gasteiger partial charge in [0.25, 0.3) is 0 Å². The van der Waals surface area contributed by atoms with Crippen LogP contribution in [-0.4, -0.2) is 77.5 Å². The van der Waals surface area contributed by atoms with Gasteiger partial charge >= 0.3 is 6.03 Å². The quantitative estimate of drug-likeness (QED) is 0.614. The topological polar surface area (TPSA) is 64.1 Å². The van der Waals surface area contributed by atoms with Gasteiger partial charge in [0.05, 0.1) is 12.1 Å². The van der Waals surface area contributed by atoms with Crippen LogP contribution in [0.3, 0.4) is 0 Å².